The molecule has 0 bridgehead atoms. The first-order valence-corrected chi connectivity index (χ1v) is 8.36. The van der Waals surface area contributed by atoms with E-state index in [1.54, 1.807) is 24.3 Å². The minimum absolute atomic E-state index is 0.166. The number of halogens is 1. The summed E-state index contributed by atoms with van der Waals surface area (Å²) in [7, 11) is 0. The molecule has 1 fully saturated rings. The molecule has 22 heavy (non-hydrogen) atoms. The van der Waals surface area contributed by atoms with Gasteiger partial charge >= 0.3 is 0 Å². The van der Waals surface area contributed by atoms with Gasteiger partial charge < -0.3 is 5.73 Å². The lowest BCUT2D eigenvalue weighted by Gasteiger charge is -2.15. The molecule has 2 aromatic carbocycles. The van der Waals surface area contributed by atoms with Gasteiger partial charge in [-0.25, -0.2) is 4.90 Å². The fourth-order valence-corrected chi connectivity index (χ4v) is 3.59. The summed E-state index contributed by atoms with van der Waals surface area (Å²) in [5.74, 6) is -0.339. The molecule has 0 radical (unpaired) electrons. The molecule has 2 amide bonds. The van der Waals surface area contributed by atoms with E-state index in [0.29, 0.717) is 11.4 Å². The number of carbonyl (C=O) groups is 2. The molecule has 1 aliphatic heterocycles. The highest BCUT2D eigenvalue weighted by molar-refractivity contribution is 9.10. The van der Waals surface area contributed by atoms with Crippen molar-refractivity contribution in [1.82, 2.24) is 0 Å². The zero-order chi connectivity index (χ0) is 15.7. The number of rotatable bonds is 3. The number of thioether (sulfide) groups is 1. The molecular weight excluding hydrogens is 364 g/mol. The maximum atomic E-state index is 12.5. The number of nitrogens with two attached hydrogens (primary N) is 1. The predicted octanol–water partition coefficient (Wildman–Crippen LogP) is 3.46. The second-order valence-electron chi connectivity index (χ2n) is 4.92. The molecule has 1 heterocycles. The molecule has 4 nitrogen and oxygen atoms in total. The van der Waals surface area contributed by atoms with Gasteiger partial charge in [0.15, 0.2) is 0 Å². The van der Waals surface area contributed by atoms with Crippen LogP contribution in [-0.4, -0.2) is 17.1 Å². The van der Waals surface area contributed by atoms with E-state index >= 15 is 0 Å². The van der Waals surface area contributed by atoms with Crippen LogP contribution in [0, 0.1) is 0 Å². The molecule has 112 valence electrons. The second-order valence-corrected chi connectivity index (χ2v) is 7.12. The van der Waals surface area contributed by atoms with Gasteiger partial charge in [0, 0.05) is 21.5 Å². The lowest BCUT2D eigenvalue weighted by molar-refractivity contribution is -0.121. The average Bonchev–Trinajstić information content (AvgIpc) is 2.77. The predicted molar refractivity (Wildman–Crippen MR) is 91.8 cm³/mol. The molecule has 1 atom stereocenters. The van der Waals surface area contributed by atoms with Gasteiger partial charge in [-0.1, -0.05) is 15.9 Å². The Labute approximate surface area is 140 Å². The highest BCUT2D eigenvalue weighted by Crippen LogP contribution is 2.34. The third kappa shape index (κ3) is 3.03. The van der Waals surface area contributed by atoms with Crippen LogP contribution in [0.3, 0.4) is 0 Å². The van der Waals surface area contributed by atoms with E-state index in [1.807, 2.05) is 24.3 Å². The van der Waals surface area contributed by atoms with Gasteiger partial charge in [0.25, 0.3) is 0 Å². The van der Waals surface area contributed by atoms with E-state index in [9.17, 15) is 9.59 Å². The van der Waals surface area contributed by atoms with Crippen LogP contribution < -0.4 is 10.6 Å². The number of nitrogens with zero attached hydrogens (tertiary/aromatic N) is 1. The zero-order valence-electron chi connectivity index (χ0n) is 11.5. The van der Waals surface area contributed by atoms with Crippen LogP contribution in [0.1, 0.15) is 6.42 Å². The molecule has 2 N–H and O–H groups in total. The van der Waals surface area contributed by atoms with Crippen LogP contribution in [-0.2, 0) is 9.59 Å². The summed E-state index contributed by atoms with van der Waals surface area (Å²) < 4.78 is 0.906. The van der Waals surface area contributed by atoms with E-state index in [1.165, 1.54) is 16.7 Å². The van der Waals surface area contributed by atoms with Gasteiger partial charge in [-0.3, -0.25) is 9.59 Å². The highest BCUT2D eigenvalue weighted by Gasteiger charge is 2.40. The number of imide groups is 1. The van der Waals surface area contributed by atoms with E-state index in [0.717, 1.165) is 9.37 Å². The Morgan fingerprint density at radius 2 is 1.68 bits per heavy atom. The Morgan fingerprint density at radius 3 is 2.32 bits per heavy atom. The molecule has 0 aliphatic carbocycles. The van der Waals surface area contributed by atoms with Crippen LogP contribution in [0.2, 0.25) is 0 Å². The van der Waals surface area contributed by atoms with E-state index in [2.05, 4.69) is 15.9 Å². The van der Waals surface area contributed by atoms with E-state index in [4.69, 9.17) is 5.73 Å². The summed E-state index contributed by atoms with van der Waals surface area (Å²) in [6.45, 7) is 0. The van der Waals surface area contributed by atoms with Crippen LogP contribution in [0.25, 0.3) is 0 Å². The van der Waals surface area contributed by atoms with Crippen LogP contribution in [0.15, 0.2) is 57.9 Å². The molecule has 0 aromatic heterocycles. The summed E-state index contributed by atoms with van der Waals surface area (Å²) in [6, 6.07) is 14.4. The first-order chi connectivity index (χ1) is 10.5. The van der Waals surface area contributed by atoms with Gasteiger partial charge in [0.05, 0.1) is 10.9 Å². The van der Waals surface area contributed by atoms with Crippen LogP contribution >= 0.6 is 27.7 Å². The van der Waals surface area contributed by atoms with Gasteiger partial charge in [-0.2, -0.15) is 0 Å². The summed E-state index contributed by atoms with van der Waals surface area (Å²) in [5, 5.41) is -0.389. The summed E-state index contributed by atoms with van der Waals surface area (Å²) >= 11 is 4.74. The third-order valence-corrected chi connectivity index (χ3v) is 5.07. The highest BCUT2D eigenvalue weighted by atomic mass is 79.9. The van der Waals surface area contributed by atoms with E-state index < -0.39 is 0 Å². The number of amides is 2. The SMILES string of the molecule is Nc1ccc(S[C@@H]2CC(=O)N(c3ccc(Br)cc3)C2=O)cc1. The Kier molecular flexibility index (Phi) is 4.22. The summed E-state index contributed by atoms with van der Waals surface area (Å²) in [6.07, 6.45) is 0.212. The van der Waals surface area contributed by atoms with Crippen molar-refractivity contribution in [1.29, 1.82) is 0 Å². The Balaban J connectivity index is 1.79. The van der Waals surface area contributed by atoms with Crippen LogP contribution in [0.5, 0.6) is 0 Å². The van der Waals surface area contributed by atoms with Crippen molar-refractivity contribution in [2.24, 2.45) is 0 Å². The standard InChI is InChI=1S/C16H13BrN2O2S/c17-10-1-5-12(6-2-10)19-15(20)9-14(16(19)21)22-13-7-3-11(18)4-8-13/h1-8,14H,9,18H2/t14-/m1/s1. The number of benzene rings is 2. The Morgan fingerprint density at radius 1 is 1.05 bits per heavy atom. The molecule has 2 aromatic rings. The summed E-state index contributed by atoms with van der Waals surface area (Å²) in [5.41, 5.74) is 6.94. The molecule has 0 unspecified atom stereocenters. The van der Waals surface area contributed by atoms with Crippen molar-refractivity contribution in [3.63, 3.8) is 0 Å². The topological polar surface area (TPSA) is 63.4 Å². The minimum Gasteiger partial charge on any atom is -0.399 e. The maximum absolute atomic E-state index is 12.5. The smallest absolute Gasteiger partial charge is 0.247 e. The third-order valence-electron chi connectivity index (χ3n) is 3.35. The molecule has 1 saturated heterocycles. The molecule has 0 saturated carbocycles. The summed E-state index contributed by atoms with van der Waals surface area (Å²) in [4.78, 5) is 26.9. The minimum atomic E-state index is -0.389. The van der Waals surface area contributed by atoms with Gasteiger partial charge in [0.1, 0.15) is 0 Å². The van der Waals surface area contributed by atoms with Gasteiger partial charge in [-0.15, -0.1) is 11.8 Å². The van der Waals surface area contributed by atoms with Crippen LogP contribution in [0.4, 0.5) is 11.4 Å². The Bertz CT molecular complexity index is 716. The Hall–Kier alpha value is -1.79. The van der Waals surface area contributed by atoms with Crippen molar-refractivity contribution in [2.45, 2.75) is 16.6 Å². The first kappa shape index (κ1) is 15.1. The average molecular weight is 377 g/mol. The number of hydrogen-bond acceptors (Lipinski definition) is 4. The fourth-order valence-electron chi connectivity index (χ4n) is 2.27. The molecular formula is C16H13BrN2O2S. The molecule has 6 heteroatoms. The van der Waals surface area contributed by atoms with Crippen molar-refractivity contribution in [2.75, 3.05) is 10.6 Å². The first-order valence-electron chi connectivity index (χ1n) is 6.69. The number of anilines is 2. The monoisotopic (exact) mass is 376 g/mol. The number of nitrogen functional groups attached to an aromatic ring is 1. The van der Waals surface area contributed by atoms with Crippen molar-refractivity contribution in [3.05, 3.63) is 53.0 Å². The second kappa shape index (κ2) is 6.14. The van der Waals surface area contributed by atoms with Crippen molar-refractivity contribution >= 4 is 50.9 Å². The number of hydrogen-bond donors (Lipinski definition) is 1. The zero-order valence-corrected chi connectivity index (χ0v) is 13.9. The molecule has 3 rings (SSSR count). The fraction of sp³-hybridized carbons (Fsp3) is 0.125. The number of carbonyl (C=O) groups excluding carboxylic acids is 2. The quantitative estimate of drug-likeness (QED) is 0.657. The van der Waals surface area contributed by atoms with E-state index in [-0.39, 0.29) is 23.5 Å². The van der Waals surface area contributed by atoms with Gasteiger partial charge in [-0.05, 0) is 48.5 Å². The largest absolute Gasteiger partial charge is 0.399 e. The molecule has 0 spiro atoms. The van der Waals surface area contributed by atoms with Gasteiger partial charge in [0.2, 0.25) is 11.8 Å². The normalized spacial score (nSPS) is 18.0. The van der Waals surface area contributed by atoms with Crippen molar-refractivity contribution in [3.8, 4) is 0 Å². The lowest BCUT2D eigenvalue weighted by Crippen LogP contribution is -2.31. The van der Waals surface area contributed by atoms with Crippen molar-refractivity contribution < 1.29 is 9.59 Å². The molecule has 1 aliphatic rings. The maximum Gasteiger partial charge on any atom is 0.247 e. The lowest BCUT2D eigenvalue weighted by atomic mass is 10.3.